The fraction of sp³-hybridized carbons (Fsp3) is 0.286. The number of hydrogen-bond donors (Lipinski definition) is 0. The number of benzene rings is 1. The molecule has 3 aromatic rings. The lowest BCUT2D eigenvalue weighted by molar-refractivity contribution is 0.310. The fourth-order valence-corrected chi connectivity index (χ4v) is 4.00. The van der Waals surface area contributed by atoms with Gasteiger partial charge in [0.1, 0.15) is 0 Å². The second kappa shape index (κ2) is 6.66. The summed E-state index contributed by atoms with van der Waals surface area (Å²) in [5, 5.41) is 2.10. The van der Waals surface area contributed by atoms with Gasteiger partial charge >= 0.3 is 0 Å². The Morgan fingerprint density at radius 3 is 2.80 bits per heavy atom. The largest absolute Gasteiger partial charge is 0.340 e. The summed E-state index contributed by atoms with van der Waals surface area (Å²) >= 11 is 6.29. The average molecular weight is 352 g/mol. The van der Waals surface area contributed by atoms with Crippen molar-refractivity contribution in [2.75, 3.05) is 13.6 Å². The minimum atomic E-state index is 0.807. The van der Waals surface area contributed by atoms with E-state index in [1.807, 2.05) is 18.5 Å². The van der Waals surface area contributed by atoms with E-state index in [9.17, 15) is 0 Å². The zero-order valence-electron chi connectivity index (χ0n) is 14.7. The summed E-state index contributed by atoms with van der Waals surface area (Å²) in [6.07, 6.45) is 7.00. The van der Waals surface area contributed by atoms with E-state index in [2.05, 4.69) is 58.8 Å². The maximum Gasteiger partial charge on any atom is 0.0490 e. The molecule has 0 fully saturated rings. The van der Waals surface area contributed by atoms with Gasteiger partial charge < -0.3 is 9.47 Å². The second-order valence-electron chi connectivity index (χ2n) is 6.71. The van der Waals surface area contributed by atoms with Crippen LogP contribution in [0.3, 0.4) is 0 Å². The first-order chi connectivity index (χ1) is 12.2. The smallest absolute Gasteiger partial charge is 0.0490 e. The highest BCUT2D eigenvalue weighted by molar-refractivity contribution is 6.31. The van der Waals surface area contributed by atoms with Crippen LogP contribution >= 0.6 is 11.6 Å². The molecular formula is C21H22ClN3. The van der Waals surface area contributed by atoms with E-state index in [0.29, 0.717) is 0 Å². The van der Waals surface area contributed by atoms with Crippen molar-refractivity contribution in [1.82, 2.24) is 14.5 Å². The Morgan fingerprint density at radius 1 is 1.24 bits per heavy atom. The highest BCUT2D eigenvalue weighted by Crippen LogP contribution is 2.33. The Morgan fingerprint density at radius 2 is 2.04 bits per heavy atom. The molecule has 0 saturated carbocycles. The average Bonchev–Trinajstić information content (AvgIpc) is 2.92. The Hall–Kier alpha value is -2.10. The molecule has 0 saturated heterocycles. The summed E-state index contributed by atoms with van der Waals surface area (Å²) in [6.45, 7) is 5.06. The maximum absolute atomic E-state index is 6.29. The standard InChI is InChI=1S/C21H22ClN3/c1-3-15(16-6-9-23-10-7-16)13-25-20-5-4-17(22)12-18(20)19-14-24(2)11-8-21(19)25/h3-7,9-10,12H,8,11,13-14H2,1-2H3/b15-3+. The first-order valence-corrected chi connectivity index (χ1v) is 9.09. The van der Waals surface area contributed by atoms with Crippen LogP contribution in [0.4, 0.5) is 0 Å². The van der Waals surface area contributed by atoms with Crippen molar-refractivity contribution in [1.29, 1.82) is 0 Å². The maximum atomic E-state index is 6.29. The predicted molar refractivity (Wildman–Crippen MR) is 105 cm³/mol. The zero-order valence-corrected chi connectivity index (χ0v) is 15.4. The van der Waals surface area contributed by atoms with Gasteiger partial charge in [-0.2, -0.15) is 0 Å². The first-order valence-electron chi connectivity index (χ1n) is 8.71. The van der Waals surface area contributed by atoms with E-state index in [0.717, 1.165) is 31.1 Å². The van der Waals surface area contributed by atoms with Gasteiger partial charge in [-0.15, -0.1) is 0 Å². The number of halogens is 1. The molecule has 1 aliphatic rings. The molecule has 0 spiro atoms. The van der Waals surface area contributed by atoms with Crippen LogP contribution in [0, 0.1) is 0 Å². The molecule has 1 aliphatic heterocycles. The number of likely N-dealkylation sites (N-methyl/N-ethyl adjacent to an activating group) is 1. The predicted octanol–water partition coefficient (Wildman–Crippen LogP) is 4.78. The third kappa shape index (κ3) is 2.99. The number of allylic oxidation sites excluding steroid dienone is 2. The molecule has 1 aromatic carbocycles. The van der Waals surface area contributed by atoms with Crippen molar-refractivity contribution in [2.24, 2.45) is 0 Å². The van der Waals surface area contributed by atoms with Gasteiger partial charge in [0.2, 0.25) is 0 Å². The molecule has 0 aliphatic carbocycles. The van der Waals surface area contributed by atoms with E-state index in [4.69, 9.17) is 11.6 Å². The molecule has 128 valence electrons. The highest BCUT2D eigenvalue weighted by atomic mass is 35.5. The van der Waals surface area contributed by atoms with Crippen LogP contribution in [0.25, 0.3) is 16.5 Å². The van der Waals surface area contributed by atoms with E-state index < -0.39 is 0 Å². The number of rotatable bonds is 3. The number of nitrogens with zero attached hydrogens (tertiary/aromatic N) is 3. The quantitative estimate of drug-likeness (QED) is 0.677. The van der Waals surface area contributed by atoms with Gasteiger partial charge in [-0.05, 0) is 61.0 Å². The second-order valence-corrected chi connectivity index (χ2v) is 7.15. The van der Waals surface area contributed by atoms with Crippen LogP contribution in [-0.4, -0.2) is 28.0 Å². The number of hydrogen-bond acceptors (Lipinski definition) is 2. The molecule has 25 heavy (non-hydrogen) atoms. The summed E-state index contributed by atoms with van der Waals surface area (Å²) in [4.78, 5) is 6.52. The molecule has 0 radical (unpaired) electrons. The summed E-state index contributed by atoms with van der Waals surface area (Å²) in [5.74, 6) is 0. The lowest BCUT2D eigenvalue weighted by atomic mass is 10.0. The minimum absolute atomic E-state index is 0.807. The van der Waals surface area contributed by atoms with Crippen LogP contribution in [0.2, 0.25) is 5.02 Å². The topological polar surface area (TPSA) is 21.1 Å². The highest BCUT2D eigenvalue weighted by Gasteiger charge is 2.23. The Labute approximate surface area is 153 Å². The number of fused-ring (bicyclic) bond motifs is 3. The summed E-state index contributed by atoms with van der Waals surface area (Å²) in [7, 11) is 2.19. The van der Waals surface area contributed by atoms with Crippen LogP contribution in [0.1, 0.15) is 23.7 Å². The Bertz CT molecular complexity index is 941. The van der Waals surface area contributed by atoms with Gasteiger partial charge in [0.05, 0.1) is 0 Å². The van der Waals surface area contributed by atoms with Gasteiger partial charge in [0.25, 0.3) is 0 Å². The molecule has 0 N–H and O–H groups in total. The van der Waals surface area contributed by atoms with Crippen molar-refractivity contribution >= 4 is 28.1 Å². The van der Waals surface area contributed by atoms with Crippen molar-refractivity contribution in [3.05, 3.63) is 70.6 Å². The van der Waals surface area contributed by atoms with Gasteiger partial charge in [0.15, 0.2) is 0 Å². The van der Waals surface area contributed by atoms with Crippen LogP contribution in [-0.2, 0) is 19.5 Å². The SMILES string of the molecule is C/C=C(\Cn1c2c(c3cc(Cl)ccc31)CN(C)CC2)c1ccncc1. The van der Waals surface area contributed by atoms with Gasteiger partial charge in [-0.25, -0.2) is 0 Å². The lowest BCUT2D eigenvalue weighted by Crippen LogP contribution is -2.27. The third-order valence-electron chi connectivity index (χ3n) is 5.14. The van der Waals surface area contributed by atoms with Crippen molar-refractivity contribution < 1.29 is 0 Å². The molecule has 0 unspecified atom stereocenters. The first kappa shape index (κ1) is 16.4. The number of aromatic nitrogens is 2. The minimum Gasteiger partial charge on any atom is -0.340 e. The molecule has 0 atom stereocenters. The Balaban J connectivity index is 1.84. The van der Waals surface area contributed by atoms with E-state index in [1.165, 1.54) is 33.3 Å². The van der Waals surface area contributed by atoms with Crippen LogP contribution < -0.4 is 0 Å². The van der Waals surface area contributed by atoms with Crippen molar-refractivity contribution in [3.63, 3.8) is 0 Å². The molecule has 0 bridgehead atoms. The molecule has 3 nitrogen and oxygen atoms in total. The van der Waals surface area contributed by atoms with Gasteiger partial charge in [0, 0.05) is 60.1 Å². The monoisotopic (exact) mass is 351 g/mol. The van der Waals surface area contributed by atoms with Crippen molar-refractivity contribution in [3.8, 4) is 0 Å². The zero-order chi connectivity index (χ0) is 17.4. The number of pyridine rings is 1. The van der Waals surface area contributed by atoms with Gasteiger partial charge in [-0.3, -0.25) is 4.98 Å². The fourth-order valence-electron chi connectivity index (χ4n) is 3.82. The molecule has 4 heteroatoms. The summed E-state index contributed by atoms with van der Waals surface area (Å²) < 4.78 is 2.48. The van der Waals surface area contributed by atoms with E-state index >= 15 is 0 Å². The summed E-state index contributed by atoms with van der Waals surface area (Å²) in [6, 6.07) is 10.4. The normalized spacial score (nSPS) is 15.6. The van der Waals surface area contributed by atoms with Crippen LogP contribution in [0.15, 0.2) is 48.8 Å². The summed E-state index contributed by atoms with van der Waals surface area (Å²) in [5.41, 5.74) is 6.70. The molecule has 0 amide bonds. The molecular weight excluding hydrogens is 330 g/mol. The van der Waals surface area contributed by atoms with Crippen molar-refractivity contribution in [2.45, 2.75) is 26.4 Å². The van der Waals surface area contributed by atoms with E-state index in [-0.39, 0.29) is 0 Å². The molecule has 2 aromatic heterocycles. The molecule has 4 rings (SSSR count). The van der Waals surface area contributed by atoms with E-state index in [1.54, 1.807) is 0 Å². The molecule has 3 heterocycles. The third-order valence-corrected chi connectivity index (χ3v) is 5.37. The van der Waals surface area contributed by atoms with Crippen LogP contribution in [0.5, 0.6) is 0 Å². The Kier molecular flexibility index (Phi) is 4.36. The van der Waals surface area contributed by atoms with Gasteiger partial charge in [-0.1, -0.05) is 17.7 Å². The lowest BCUT2D eigenvalue weighted by Gasteiger charge is -2.24.